The standard InChI is InChI=1S/C30H29NO3/c1-20(23-15-8-10-21-9-2-3-11-24(21)23)31-18-17-22-19-28(26-13-6-7-16-29(26)34-22)25-12-4-5-14-27(25)30(32)33/h2-16,20,22,28,31H,17-19H2,1H3,(H,32,33)/t20-,22?,28?/m1/s1. The van der Waals surface area contributed by atoms with Crippen LogP contribution in [0.25, 0.3) is 10.8 Å². The summed E-state index contributed by atoms with van der Waals surface area (Å²) < 4.78 is 6.35. The fourth-order valence-electron chi connectivity index (χ4n) is 5.16. The highest BCUT2D eigenvalue weighted by molar-refractivity contribution is 5.90. The van der Waals surface area contributed by atoms with Crippen molar-refractivity contribution in [3.63, 3.8) is 0 Å². The van der Waals surface area contributed by atoms with Crippen molar-refractivity contribution in [2.75, 3.05) is 6.54 Å². The van der Waals surface area contributed by atoms with Crippen LogP contribution in [0, 0.1) is 0 Å². The minimum absolute atomic E-state index is 0.00209. The number of carboxylic acid groups (broad SMARTS) is 1. The molecule has 0 aliphatic carbocycles. The van der Waals surface area contributed by atoms with E-state index in [-0.39, 0.29) is 18.1 Å². The van der Waals surface area contributed by atoms with E-state index < -0.39 is 5.97 Å². The average molecular weight is 452 g/mol. The summed E-state index contributed by atoms with van der Waals surface area (Å²) in [6.45, 7) is 3.01. The van der Waals surface area contributed by atoms with Crippen molar-refractivity contribution in [1.82, 2.24) is 5.32 Å². The molecule has 3 atom stereocenters. The van der Waals surface area contributed by atoms with Gasteiger partial charge in [0.25, 0.3) is 0 Å². The molecule has 0 radical (unpaired) electrons. The highest BCUT2D eigenvalue weighted by atomic mass is 16.5. The van der Waals surface area contributed by atoms with Gasteiger partial charge < -0.3 is 15.2 Å². The van der Waals surface area contributed by atoms with Gasteiger partial charge >= 0.3 is 5.97 Å². The first kappa shape index (κ1) is 22.2. The lowest BCUT2D eigenvalue weighted by atomic mass is 9.81. The number of benzene rings is 4. The molecule has 4 nitrogen and oxygen atoms in total. The van der Waals surface area contributed by atoms with Crippen molar-refractivity contribution in [3.05, 3.63) is 113 Å². The Hall–Kier alpha value is -3.63. The molecule has 4 aromatic rings. The predicted molar refractivity (Wildman–Crippen MR) is 136 cm³/mol. The molecule has 2 N–H and O–H groups in total. The molecule has 4 aromatic carbocycles. The molecule has 1 aliphatic rings. The monoisotopic (exact) mass is 451 g/mol. The highest BCUT2D eigenvalue weighted by Crippen LogP contribution is 2.42. The van der Waals surface area contributed by atoms with Gasteiger partial charge in [-0.1, -0.05) is 78.9 Å². The number of ether oxygens (including phenoxy) is 1. The Morgan fingerprint density at radius 1 is 0.941 bits per heavy atom. The normalized spacial score (nSPS) is 18.1. The van der Waals surface area contributed by atoms with Crippen LogP contribution in [0.4, 0.5) is 0 Å². The van der Waals surface area contributed by atoms with Gasteiger partial charge in [0, 0.05) is 17.5 Å². The summed E-state index contributed by atoms with van der Waals surface area (Å²) in [5, 5.41) is 16.0. The van der Waals surface area contributed by atoms with Gasteiger partial charge in [0.2, 0.25) is 0 Å². The maximum absolute atomic E-state index is 11.9. The summed E-state index contributed by atoms with van der Waals surface area (Å²) in [4.78, 5) is 11.9. The Labute approximate surface area is 200 Å². The number of hydrogen-bond donors (Lipinski definition) is 2. The fourth-order valence-corrected chi connectivity index (χ4v) is 5.16. The third-order valence-corrected chi connectivity index (χ3v) is 6.86. The van der Waals surface area contributed by atoms with Crippen molar-refractivity contribution in [1.29, 1.82) is 0 Å². The van der Waals surface area contributed by atoms with Gasteiger partial charge in [0.15, 0.2) is 0 Å². The maximum Gasteiger partial charge on any atom is 0.335 e. The first-order chi connectivity index (χ1) is 16.6. The summed E-state index contributed by atoms with van der Waals surface area (Å²) >= 11 is 0. The van der Waals surface area contributed by atoms with Crippen LogP contribution in [-0.4, -0.2) is 23.7 Å². The summed E-state index contributed by atoms with van der Waals surface area (Å²) in [5.74, 6) is -0.0366. The molecule has 0 fully saturated rings. The average Bonchev–Trinajstić information content (AvgIpc) is 2.87. The topological polar surface area (TPSA) is 58.6 Å². The second kappa shape index (κ2) is 9.70. The molecule has 0 saturated carbocycles. The second-order valence-corrected chi connectivity index (χ2v) is 8.99. The van der Waals surface area contributed by atoms with E-state index in [1.807, 2.05) is 30.3 Å². The molecule has 5 rings (SSSR count). The van der Waals surface area contributed by atoms with Gasteiger partial charge in [0.05, 0.1) is 5.56 Å². The lowest BCUT2D eigenvalue weighted by Crippen LogP contribution is -2.31. The summed E-state index contributed by atoms with van der Waals surface area (Å²) in [6.07, 6.45) is 1.61. The van der Waals surface area contributed by atoms with Crippen molar-refractivity contribution in [3.8, 4) is 5.75 Å². The zero-order valence-electron chi connectivity index (χ0n) is 19.3. The lowest BCUT2D eigenvalue weighted by molar-refractivity contribution is 0.0694. The van der Waals surface area contributed by atoms with Crippen molar-refractivity contribution < 1.29 is 14.6 Å². The van der Waals surface area contributed by atoms with Gasteiger partial charge in [-0.3, -0.25) is 0 Å². The second-order valence-electron chi connectivity index (χ2n) is 8.99. The lowest BCUT2D eigenvalue weighted by Gasteiger charge is -2.33. The molecule has 0 saturated heterocycles. The predicted octanol–water partition coefficient (Wildman–Crippen LogP) is 6.56. The Kier molecular flexibility index (Phi) is 6.33. The largest absolute Gasteiger partial charge is 0.490 e. The molecular formula is C30H29NO3. The van der Waals surface area contributed by atoms with Crippen LogP contribution in [0.3, 0.4) is 0 Å². The van der Waals surface area contributed by atoms with Crippen LogP contribution in [-0.2, 0) is 0 Å². The van der Waals surface area contributed by atoms with E-state index in [0.717, 1.165) is 36.3 Å². The van der Waals surface area contributed by atoms with Crippen LogP contribution in [0.15, 0.2) is 91.0 Å². The van der Waals surface area contributed by atoms with Crippen LogP contribution < -0.4 is 10.1 Å². The molecule has 0 amide bonds. The maximum atomic E-state index is 11.9. The highest BCUT2D eigenvalue weighted by Gasteiger charge is 2.31. The summed E-state index contributed by atoms with van der Waals surface area (Å²) in [6, 6.07) is 30.5. The number of carboxylic acids is 1. The van der Waals surface area contributed by atoms with Crippen molar-refractivity contribution >= 4 is 16.7 Å². The van der Waals surface area contributed by atoms with E-state index >= 15 is 0 Å². The molecule has 4 heteroatoms. The molecule has 0 spiro atoms. The molecular weight excluding hydrogens is 422 g/mol. The first-order valence-electron chi connectivity index (χ1n) is 11.9. The van der Waals surface area contributed by atoms with E-state index in [2.05, 4.69) is 60.8 Å². The molecule has 34 heavy (non-hydrogen) atoms. The molecule has 0 bridgehead atoms. The van der Waals surface area contributed by atoms with Crippen LogP contribution in [0.2, 0.25) is 0 Å². The number of hydrogen-bond acceptors (Lipinski definition) is 3. The van der Waals surface area contributed by atoms with Crippen LogP contribution in [0.5, 0.6) is 5.75 Å². The number of carbonyl (C=O) groups is 1. The first-order valence-corrected chi connectivity index (χ1v) is 11.9. The quantitative estimate of drug-likeness (QED) is 0.334. The SMILES string of the molecule is C[C@@H](NCCC1CC(c2ccccc2C(=O)O)c2ccccc2O1)c1cccc2ccccc12. The third-order valence-electron chi connectivity index (χ3n) is 6.86. The molecule has 1 heterocycles. The number of rotatable bonds is 7. The van der Waals surface area contributed by atoms with E-state index in [1.54, 1.807) is 12.1 Å². The Morgan fingerprint density at radius 2 is 1.65 bits per heavy atom. The Morgan fingerprint density at radius 3 is 2.50 bits per heavy atom. The summed E-state index contributed by atoms with van der Waals surface area (Å²) in [5.41, 5.74) is 3.57. The Balaban J connectivity index is 1.32. The third kappa shape index (κ3) is 4.42. The van der Waals surface area contributed by atoms with Gasteiger partial charge in [0.1, 0.15) is 11.9 Å². The molecule has 0 aromatic heterocycles. The van der Waals surface area contributed by atoms with E-state index in [4.69, 9.17) is 4.74 Å². The number of aromatic carboxylic acids is 1. The van der Waals surface area contributed by atoms with Crippen LogP contribution >= 0.6 is 0 Å². The van der Waals surface area contributed by atoms with Crippen LogP contribution in [0.1, 0.15) is 58.8 Å². The minimum atomic E-state index is -0.887. The molecule has 172 valence electrons. The zero-order valence-corrected chi connectivity index (χ0v) is 19.3. The Bertz CT molecular complexity index is 1310. The number of fused-ring (bicyclic) bond motifs is 2. The van der Waals surface area contributed by atoms with Crippen molar-refractivity contribution in [2.45, 2.75) is 37.8 Å². The number of para-hydroxylation sites is 1. The fraction of sp³-hybridized carbons (Fsp3) is 0.233. The minimum Gasteiger partial charge on any atom is -0.490 e. The van der Waals surface area contributed by atoms with Gasteiger partial charge in [-0.05, 0) is 60.3 Å². The molecule has 1 aliphatic heterocycles. The van der Waals surface area contributed by atoms with Gasteiger partial charge in [-0.15, -0.1) is 0 Å². The van der Waals surface area contributed by atoms with E-state index in [0.29, 0.717) is 5.56 Å². The van der Waals surface area contributed by atoms with Gasteiger partial charge in [-0.25, -0.2) is 4.79 Å². The zero-order chi connectivity index (χ0) is 23.5. The van der Waals surface area contributed by atoms with Gasteiger partial charge in [-0.2, -0.15) is 0 Å². The van der Waals surface area contributed by atoms with E-state index in [9.17, 15) is 9.90 Å². The van der Waals surface area contributed by atoms with E-state index in [1.165, 1.54) is 16.3 Å². The molecule has 2 unspecified atom stereocenters. The van der Waals surface area contributed by atoms with Crippen molar-refractivity contribution in [2.24, 2.45) is 0 Å². The smallest absolute Gasteiger partial charge is 0.335 e. The number of nitrogens with one attached hydrogen (secondary N) is 1. The summed E-state index contributed by atoms with van der Waals surface area (Å²) in [7, 11) is 0.